The van der Waals surface area contributed by atoms with Crippen molar-refractivity contribution in [2.75, 3.05) is 18.0 Å². The second-order valence-electron chi connectivity index (χ2n) is 10.7. The molecule has 2 aliphatic heterocycles. The second kappa shape index (κ2) is 9.61. The Morgan fingerprint density at radius 2 is 1.68 bits per heavy atom. The third-order valence-corrected chi connectivity index (χ3v) is 9.89. The van der Waals surface area contributed by atoms with E-state index < -0.39 is 10.0 Å². The van der Waals surface area contributed by atoms with Gasteiger partial charge in [-0.3, -0.25) is 9.59 Å². The van der Waals surface area contributed by atoms with Crippen molar-refractivity contribution in [2.24, 2.45) is 11.8 Å². The molecule has 2 aliphatic carbocycles. The summed E-state index contributed by atoms with van der Waals surface area (Å²) in [5.41, 5.74) is 1.77. The van der Waals surface area contributed by atoms with Crippen LogP contribution in [0.25, 0.3) is 0 Å². The van der Waals surface area contributed by atoms with Gasteiger partial charge in [-0.15, -0.1) is 0 Å². The molecule has 3 fully saturated rings. The number of carbonyl (C=O) groups excluding carboxylic acids is 2. The molecule has 7 nitrogen and oxygen atoms in total. The SMILES string of the molecule is C[C@@H]1Cc2cc(S(=O)(=O)N3CCC[C@H](C(=O)NC4CCCCCC4)C3)ccc2N1C(=O)C1CC1. The summed E-state index contributed by atoms with van der Waals surface area (Å²) in [6.07, 6.45) is 10.8. The fourth-order valence-electron chi connectivity index (χ4n) is 5.90. The lowest BCUT2D eigenvalue weighted by Gasteiger charge is -2.32. The van der Waals surface area contributed by atoms with E-state index in [9.17, 15) is 18.0 Å². The Kier molecular flexibility index (Phi) is 6.73. The van der Waals surface area contributed by atoms with Gasteiger partial charge in [0.25, 0.3) is 0 Å². The molecule has 0 radical (unpaired) electrons. The molecule has 0 unspecified atom stereocenters. The first kappa shape index (κ1) is 23.8. The number of hydrogen-bond acceptors (Lipinski definition) is 4. The van der Waals surface area contributed by atoms with Crippen LogP contribution in [0.5, 0.6) is 0 Å². The van der Waals surface area contributed by atoms with Gasteiger partial charge in [0.15, 0.2) is 0 Å². The molecule has 8 heteroatoms. The van der Waals surface area contributed by atoms with Crippen molar-refractivity contribution < 1.29 is 18.0 Å². The Labute approximate surface area is 203 Å². The summed E-state index contributed by atoms with van der Waals surface area (Å²) in [7, 11) is -3.70. The number of nitrogens with one attached hydrogen (secondary N) is 1. The average Bonchev–Trinajstić information content (AvgIpc) is 3.65. The van der Waals surface area contributed by atoms with Crippen LogP contribution in [0, 0.1) is 11.8 Å². The molecule has 1 aromatic rings. The van der Waals surface area contributed by atoms with Crippen LogP contribution in [0.2, 0.25) is 0 Å². The predicted octanol–water partition coefficient (Wildman–Crippen LogP) is 3.61. The summed E-state index contributed by atoms with van der Waals surface area (Å²) in [5, 5.41) is 3.21. The standard InChI is InChI=1S/C26H37N3O4S/c1-18-15-21-16-23(12-13-24(21)29(18)26(31)19-10-11-19)34(32,33)28-14-6-7-20(17-28)25(30)27-22-8-4-2-3-5-9-22/h12-13,16,18-20,22H,2-11,14-15,17H2,1H3,(H,27,30)/t18-,20+/m1/s1. The number of carbonyl (C=O) groups is 2. The third-order valence-electron chi connectivity index (χ3n) is 8.02. The monoisotopic (exact) mass is 487 g/mol. The molecule has 0 spiro atoms. The fourth-order valence-corrected chi connectivity index (χ4v) is 7.47. The lowest BCUT2D eigenvalue weighted by atomic mass is 9.97. The predicted molar refractivity (Wildman–Crippen MR) is 131 cm³/mol. The van der Waals surface area contributed by atoms with Crippen molar-refractivity contribution in [3.05, 3.63) is 23.8 Å². The molecule has 0 aromatic heterocycles. The van der Waals surface area contributed by atoms with E-state index in [1.54, 1.807) is 18.2 Å². The van der Waals surface area contributed by atoms with Crippen LogP contribution in [0.4, 0.5) is 5.69 Å². The zero-order valence-electron chi connectivity index (χ0n) is 20.2. The first-order valence-electron chi connectivity index (χ1n) is 13.1. The molecule has 2 saturated carbocycles. The van der Waals surface area contributed by atoms with Crippen molar-refractivity contribution in [1.82, 2.24) is 9.62 Å². The lowest BCUT2D eigenvalue weighted by Crippen LogP contribution is -2.47. The van der Waals surface area contributed by atoms with E-state index in [-0.39, 0.29) is 47.2 Å². The van der Waals surface area contributed by atoms with Crippen LogP contribution in [0.3, 0.4) is 0 Å². The van der Waals surface area contributed by atoms with Gasteiger partial charge >= 0.3 is 0 Å². The molecule has 2 amide bonds. The number of fused-ring (bicyclic) bond motifs is 1. The first-order chi connectivity index (χ1) is 16.3. The van der Waals surface area contributed by atoms with Gasteiger partial charge < -0.3 is 10.2 Å². The number of piperidine rings is 1. The molecule has 2 heterocycles. The van der Waals surface area contributed by atoms with Gasteiger partial charge in [-0.2, -0.15) is 4.31 Å². The molecule has 1 N–H and O–H groups in total. The van der Waals surface area contributed by atoms with E-state index in [1.165, 1.54) is 17.1 Å². The summed E-state index contributed by atoms with van der Waals surface area (Å²) >= 11 is 0. The van der Waals surface area contributed by atoms with Crippen LogP contribution in [0.15, 0.2) is 23.1 Å². The van der Waals surface area contributed by atoms with Crippen molar-refractivity contribution in [3.8, 4) is 0 Å². The Bertz CT molecular complexity index is 1040. The molecular weight excluding hydrogens is 450 g/mol. The molecule has 4 aliphatic rings. The van der Waals surface area contributed by atoms with Crippen molar-refractivity contribution >= 4 is 27.5 Å². The number of rotatable bonds is 5. The number of nitrogens with zero attached hydrogens (tertiary/aromatic N) is 2. The maximum Gasteiger partial charge on any atom is 0.243 e. The van der Waals surface area contributed by atoms with Gasteiger partial charge in [-0.1, -0.05) is 25.7 Å². The summed E-state index contributed by atoms with van der Waals surface area (Å²) in [6, 6.07) is 5.45. The summed E-state index contributed by atoms with van der Waals surface area (Å²) in [5.74, 6) is 0.00308. The minimum absolute atomic E-state index is 0.00353. The quantitative estimate of drug-likeness (QED) is 0.643. The van der Waals surface area contributed by atoms with E-state index in [1.807, 2.05) is 11.8 Å². The van der Waals surface area contributed by atoms with Gasteiger partial charge in [0.2, 0.25) is 21.8 Å². The highest BCUT2D eigenvalue weighted by molar-refractivity contribution is 7.89. The van der Waals surface area contributed by atoms with Crippen molar-refractivity contribution in [2.45, 2.75) is 94.5 Å². The number of amides is 2. The van der Waals surface area contributed by atoms with E-state index >= 15 is 0 Å². The van der Waals surface area contributed by atoms with Gasteiger partial charge in [0.1, 0.15) is 0 Å². The number of sulfonamides is 1. The van der Waals surface area contributed by atoms with Gasteiger partial charge in [-0.05, 0) is 75.6 Å². The van der Waals surface area contributed by atoms with Gasteiger partial charge in [-0.25, -0.2) is 8.42 Å². The molecule has 186 valence electrons. The van der Waals surface area contributed by atoms with Crippen molar-refractivity contribution in [1.29, 1.82) is 0 Å². The van der Waals surface area contributed by atoms with Gasteiger partial charge in [0, 0.05) is 36.8 Å². The summed E-state index contributed by atoms with van der Waals surface area (Å²) < 4.78 is 28.5. The molecular formula is C26H37N3O4S. The lowest BCUT2D eigenvalue weighted by molar-refractivity contribution is -0.127. The van der Waals surface area contributed by atoms with Crippen LogP contribution >= 0.6 is 0 Å². The molecule has 2 atom stereocenters. The Hall–Kier alpha value is -1.93. The molecule has 34 heavy (non-hydrogen) atoms. The molecule has 1 aromatic carbocycles. The number of hydrogen-bond donors (Lipinski definition) is 1. The van der Waals surface area contributed by atoms with Crippen molar-refractivity contribution in [3.63, 3.8) is 0 Å². The highest BCUT2D eigenvalue weighted by Crippen LogP contribution is 2.40. The summed E-state index contributed by atoms with van der Waals surface area (Å²) in [4.78, 5) is 27.8. The third kappa shape index (κ3) is 4.76. The summed E-state index contributed by atoms with van der Waals surface area (Å²) in [6.45, 7) is 2.70. The highest BCUT2D eigenvalue weighted by atomic mass is 32.2. The zero-order chi connectivity index (χ0) is 23.9. The van der Waals surface area contributed by atoms with E-state index in [0.717, 1.165) is 56.2 Å². The van der Waals surface area contributed by atoms with Crippen LogP contribution in [-0.2, 0) is 26.0 Å². The largest absolute Gasteiger partial charge is 0.353 e. The maximum absolute atomic E-state index is 13.5. The van der Waals surface area contributed by atoms with Crippen LogP contribution < -0.4 is 10.2 Å². The fraction of sp³-hybridized carbons (Fsp3) is 0.692. The van der Waals surface area contributed by atoms with Crippen LogP contribution in [-0.4, -0.2) is 49.7 Å². The Morgan fingerprint density at radius 3 is 2.38 bits per heavy atom. The van der Waals surface area contributed by atoms with E-state index in [4.69, 9.17) is 0 Å². The Morgan fingerprint density at radius 1 is 0.941 bits per heavy atom. The second-order valence-corrected chi connectivity index (χ2v) is 12.7. The zero-order valence-corrected chi connectivity index (χ0v) is 21.0. The smallest absolute Gasteiger partial charge is 0.243 e. The Balaban J connectivity index is 1.28. The number of anilines is 1. The van der Waals surface area contributed by atoms with Gasteiger partial charge in [0.05, 0.1) is 10.8 Å². The highest BCUT2D eigenvalue weighted by Gasteiger charge is 2.40. The molecule has 1 saturated heterocycles. The van der Waals surface area contributed by atoms with Crippen LogP contribution in [0.1, 0.15) is 76.7 Å². The number of benzene rings is 1. The first-order valence-corrected chi connectivity index (χ1v) is 14.5. The van der Waals surface area contributed by atoms with E-state index in [2.05, 4.69) is 5.32 Å². The van der Waals surface area contributed by atoms with E-state index in [0.29, 0.717) is 19.4 Å². The normalized spacial score (nSPS) is 26.7. The average molecular weight is 488 g/mol. The minimum atomic E-state index is -3.70. The molecule has 5 rings (SSSR count). The minimum Gasteiger partial charge on any atom is -0.353 e. The maximum atomic E-state index is 13.5. The topological polar surface area (TPSA) is 86.8 Å². The molecule has 0 bridgehead atoms.